The molecule has 0 aliphatic heterocycles. The summed E-state index contributed by atoms with van der Waals surface area (Å²) < 4.78 is 5.77. The normalized spacial score (nSPS) is 31.9. The van der Waals surface area contributed by atoms with Crippen LogP contribution in [-0.4, -0.2) is 56.9 Å². The number of aromatic hydroxyl groups is 1. The number of ketones is 4. The molecule has 4 N–H and O–H groups in total. The molecule has 39 heavy (non-hydrogen) atoms. The maximum atomic E-state index is 14.0. The van der Waals surface area contributed by atoms with Crippen LogP contribution in [0.2, 0.25) is 0 Å². The smallest absolute Gasteiger partial charge is 0.305 e. The van der Waals surface area contributed by atoms with Gasteiger partial charge in [0.25, 0.3) is 0 Å². The molecule has 2 unspecified atom stereocenters. The number of benzene rings is 1. The number of Topliss-reactive ketones (excluding diaryl/α,β-unsaturated/α-hetero) is 4. The second-order valence-electron chi connectivity index (χ2n) is 11.4. The molecule has 10 nitrogen and oxygen atoms in total. The van der Waals surface area contributed by atoms with E-state index in [0.29, 0.717) is 24.3 Å². The molecule has 0 heterocycles. The van der Waals surface area contributed by atoms with Crippen molar-refractivity contribution >= 4 is 35.0 Å². The number of unbranched alkanes of at least 4 members (excludes halogenated alkanes) is 1. The summed E-state index contributed by atoms with van der Waals surface area (Å²) in [6.07, 6.45) is 0.958. The summed E-state index contributed by atoms with van der Waals surface area (Å²) in [6, 6.07) is 4.59. The van der Waals surface area contributed by atoms with E-state index >= 15 is 0 Å². The van der Waals surface area contributed by atoms with Gasteiger partial charge < -0.3 is 20.7 Å². The molecule has 0 spiro atoms. The summed E-state index contributed by atoms with van der Waals surface area (Å²) in [4.78, 5) is 78.8. The van der Waals surface area contributed by atoms with E-state index in [4.69, 9.17) is 10.5 Å². The Labute approximate surface area is 226 Å². The lowest BCUT2D eigenvalue weighted by Gasteiger charge is -2.54. The molecular formula is C29H35NO9. The SMILES string of the molecule is CCC(=O)O[C@H]1[C@H]2C(C(=O)c3c(O)cccc3[C@@H]2CCCCC(C)C)C(=O)[C@]2(O)C(=O)C(C(N)=O)C(=O)C[C@H]12. The Hall–Kier alpha value is -3.40. The fourth-order valence-corrected chi connectivity index (χ4v) is 6.76. The first-order chi connectivity index (χ1) is 18.4. The largest absolute Gasteiger partial charge is 0.507 e. The van der Waals surface area contributed by atoms with Crippen LogP contribution >= 0.6 is 0 Å². The molecule has 0 aromatic heterocycles. The maximum absolute atomic E-state index is 14.0. The lowest BCUT2D eigenvalue weighted by molar-refractivity contribution is -0.198. The van der Waals surface area contributed by atoms with E-state index < -0.39 is 82.7 Å². The number of phenolic OH excluding ortho intramolecular Hbond substituents is 1. The van der Waals surface area contributed by atoms with Crippen molar-refractivity contribution in [1.82, 2.24) is 0 Å². The van der Waals surface area contributed by atoms with Crippen molar-refractivity contribution in [3.05, 3.63) is 29.3 Å². The predicted octanol–water partition coefficient (Wildman–Crippen LogP) is 2.02. The van der Waals surface area contributed by atoms with E-state index in [2.05, 4.69) is 13.8 Å². The Kier molecular flexibility index (Phi) is 7.80. The standard InChI is InChI=1S/C29H35NO9/c1-4-19(33)39-25-16-12-18(32)22(28(30)37)26(35)29(16,38)27(36)23-21(25)15(9-6-5-8-13(2)3)14-10-7-11-17(31)20(14)24(23)34/h7,10-11,13,15-16,21-23,25,31,38H,4-6,8-9,12H2,1-3H3,(H2,30,37)/t15-,16+,21+,22?,23?,25+,29+/m0/s1. The van der Waals surface area contributed by atoms with Crippen molar-refractivity contribution in [2.24, 2.45) is 35.3 Å². The average Bonchev–Trinajstić information content (AvgIpc) is 2.86. The molecule has 3 aliphatic rings. The van der Waals surface area contributed by atoms with E-state index in [0.717, 1.165) is 12.8 Å². The van der Waals surface area contributed by atoms with E-state index in [-0.39, 0.29) is 17.7 Å². The Morgan fingerprint density at radius 1 is 1.13 bits per heavy atom. The zero-order chi connectivity index (χ0) is 28.8. The highest BCUT2D eigenvalue weighted by Gasteiger charge is 2.71. The van der Waals surface area contributed by atoms with Crippen LogP contribution in [0, 0.1) is 29.6 Å². The number of phenols is 1. The maximum Gasteiger partial charge on any atom is 0.305 e. The molecule has 1 aromatic carbocycles. The van der Waals surface area contributed by atoms with Gasteiger partial charge in [0.05, 0.1) is 11.5 Å². The summed E-state index contributed by atoms with van der Waals surface area (Å²) in [6.45, 7) is 5.74. The van der Waals surface area contributed by atoms with Crippen LogP contribution in [0.25, 0.3) is 0 Å². The molecule has 2 saturated carbocycles. The van der Waals surface area contributed by atoms with Crippen molar-refractivity contribution in [3.8, 4) is 5.75 Å². The van der Waals surface area contributed by atoms with Crippen LogP contribution in [0.3, 0.4) is 0 Å². The van der Waals surface area contributed by atoms with Crippen molar-refractivity contribution in [2.45, 2.75) is 76.9 Å². The summed E-state index contributed by atoms with van der Waals surface area (Å²) >= 11 is 0. The van der Waals surface area contributed by atoms with Gasteiger partial charge in [-0.25, -0.2) is 0 Å². The van der Waals surface area contributed by atoms with Crippen LogP contribution in [-0.2, 0) is 28.7 Å². The molecule has 4 rings (SSSR count). The average molecular weight is 542 g/mol. The van der Waals surface area contributed by atoms with Gasteiger partial charge in [0.2, 0.25) is 5.91 Å². The minimum atomic E-state index is -2.94. The Morgan fingerprint density at radius 2 is 1.82 bits per heavy atom. The van der Waals surface area contributed by atoms with E-state index in [1.807, 2.05) is 0 Å². The fraction of sp³-hybridized carbons (Fsp3) is 0.586. The number of rotatable bonds is 8. The lowest BCUT2D eigenvalue weighted by atomic mass is 9.50. The minimum absolute atomic E-state index is 0.0663. The zero-order valence-electron chi connectivity index (χ0n) is 22.3. The summed E-state index contributed by atoms with van der Waals surface area (Å²) in [5, 5.41) is 22.4. The first-order valence-corrected chi connectivity index (χ1v) is 13.5. The highest BCUT2D eigenvalue weighted by atomic mass is 16.5. The Bertz CT molecular complexity index is 1240. The topological polar surface area (TPSA) is 178 Å². The van der Waals surface area contributed by atoms with Crippen molar-refractivity contribution in [3.63, 3.8) is 0 Å². The zero-order valence-corrected chi connectivity index (χ0v) is 22.3. The number of primary amides is 1. The Morgan fingerprint density at radius 3 is 2.44 bits per heavy atom. The molecule has 10 heteroatoms. The minimum Gasteiger partial charge on any atom is -0.507 e. The molecule has 3 aliphatic carbocycles. The molecule has 0 saturated heterocycles. The third-order valence-corrected chi connectivity index (χ3v) is 8.59. The predicted molar refractivity (Wildman–Crippen MR) is 136 cm³/mol. The molecule has 0 radical (unpaired) electrons. The lowest BCUT2D eigenvalue weighted by Crippen LogP contribution is -2.73. The van der Waals surface area contributed by atoms with Gasteiger partial charge in [0.15, 0.2) is 34.7 Å². The van der Waals surface area contributed by atoms with Crippen molar-refractivity contribution in [2.75, 3.05) is 0 Å². The highest BCUT2D eigenvalue weighted by molar-refractivity contribution is 6.31. The van der Waals surface area contributed by atoms with Gasteiger partial charge in [-0.1, -0.05) is 52.2 Å². The number of nitrogens with two attached hydrogens (primary N) is 1. The number of carbonyl (C=O) groups is 6. The van der Waals surface area contributed by atoms with E-state index in [1.165, 1.54) is 6.07 Å². The monoisotopic (exact) mass is 541 g/mol. The summed E-state index contributed by atoms with van der Waals surface area (Å²) in [7, 11) is 0. The van der Waals surface area contributed by atoms with Crippen LogP contribution in [0.1, 0.15) is 81.1 Å². The molecule has 2 fully saturated rings. The van der Waals surface area contributed by atoms with Crippen molar-refractivity contribution < 1.29 is 43.7 Å². The number of esters is 1. The first-order valence-electron chi connectivity index (χ1n) is 13.5. The third kappa shape index (κ3) is 4.58. The van der Waals surface area contributed by atoms with Crippen molar-refractivity contribution in [1.29, 1.82) is 0 Å². The van der Waals surface area contributed by atoms with Crippen LogP contribution < -0.4 is 5.73 Å². The summed E-state index contributed by atoms with van der Waals surface area (Å²) in [5.41, 5.74) is 2.76. The van der Waals surface area contributed by atoms with E-state index in [9.17, 15) is 39.0 Å². The first kappa shape index (κ1) is 28.6. The van der Waals surface area contributed by atoms with Gasteiger partial charge in [0.1, 0.15) is 11.9 Å². The number of fused-ring (bicyclic) bond motifs is 3. The van der Waals surface area contributed by atoms with Gasteiger partial charge in [-0.15, -0.1) is 0 Å². The molecule has 0 bridgehead atoms. The number of carbonyl (C=O) groups excluding carboxylic acids is 6. The van der Waals surface area contributed by atoms with Crippen LogP contribution in [0.15, 0.2) is 18.2 Å². The number of hydrogen-bond acceptors (Lipinski definition) is 9. The third-order valence-electron chi connectivity index (χ3n) is 8.59. The molecule has 1 aromatic rings. The highest BCUT2D eigenvalue weighted by Crippen LogP contribution is 2.56. The quantitative estimate of drug-likeness (QED) is 0.252. The Balaban J connectivity index is 1.90. The van der Waals surface area contributed by atoms with E-state index in [1.54, 1.807) is 19.1 Å². The van der Waals surface area contributed by atoms with Gasteiger partial charge in [0, 0.05) is 24.7 Å². The van der Waals surface area contributed by atoms with Gasteiger partial charge in [-0.2, -0.15) is 0 Å². The number of aliphatic hydroxyl groups is 1. The second-order valence-corrected chi connectivity index (χ2v) is 11.4. The summed E-state index contributed by atoms with van der Waals surface area (Å²) in [5.74, 6) is -12.8. The van der Waals surface area contributed by atoms with Crippen LogP contribution in [0.4, 0.5) is 0 Å². The van der Waals surface area contributed by atoms with Gasteiger partial charge in [-0.05, 0) is 29.9 Å². The number of hydrogen-bond donors (Lipinski definition) is 3. The fourth-order valence-electron chi connectivity index (χ4n) is 6.76. The van der Waals surface area contributed by atoms with Gasteiger partial charge in [-0.3, -0.25) is 28.8 Å². The molecule has 1 amide bonds. The number of amides is 1. The second kappa shape index (κ2) is 10.6. The molecule has 7 atom stereocenters. The number of ether oxygens (including phenoxy) is 1. The van der Waals surface area contributed by atoms with Gasteiger partial charge >= 0.3 is 5.97 Å². The van der Waals surface area contributed by atoms with Crippen LogP contribution in [0.5, 0.6) is 5.75 Å². The molecule has 210 valence electrons. The molecular weight excluding hydrogens is 506 g/mol.